The molecule has 1 unspecified atom stereocenters. The number of amides is 2. The van der Waals surface area contributed by atoms with Crippen LogP contribution in [0.15, 0.2) is 53.5 Å². The van der Waals surface area contributed by atoms with Crippen LogP contribution in [-0.2, 0) is 16.0 Å². The second-order valence-electron chi connectivity index (χ2n) is 6.85. The van der Waals surface area contributed by atoms with Crippen LogP contribution in [0, 0.1) is 0 Å². The van der Waals surface area contributed by atoms with Crippen molar-refractivity contribution in [2.75, 3.05) is 11.9 Å². The highest BCUT2D eigenvalue weighted by atomic mass is 32.2. The number of nitrogens with zero attached hydrogens (tertiary/aromatic N) is 3. The Morgan fingerprint density at radius 2 is 1.93 bits per heavy atom. The number of fused-ring (bicyclic) bond motifs is 1. The zero-order valence-corrected chi connectivity index (χ0v) is 18.4. The van der Waals surface area contributed by atoms with E-state index in [-0.39, 0.29) is 18.2 Å². The summed E-state index contributed by atoms with van der Waals surface area (Å²) in [5.74, 6) is -0.263. The number of anilines is 1. The summed E-state index contributed by atoms with van der Waals surface area (Å²) in [6, 6.07) is 15.6. The number of rotatable bonds is 6. The van der Waals surface area contributed by atoms with Crippen molar-refractivity contribution in [2.45, 2.75) is 31.9 Å². The fraction of sp³-hybridized carbons (Fsp3) is 0.273. The minimum Gasteiger partial charge on any atom is -0.326 e. The van der Waals surface area contributed by atoms with E-state index in [9.17, 15) is 9.59 Å². The molecule has 0 spiro atoms. The molecule has 8 heteroatoms. The van der Waals surface area contributed by atoms with Gasteiger partial charge in [0.25, 0.3) is 0 Å². The first-order chi connectivity index (χ1) is 14.6. The number of thiazole rings is 1. The van der Waals surface area contributed by atoms with Gasteiger partial charge in [-0.15, -0.1) is 0 Å². The standard InChI is InChI=1S/C22H22N4O2S2/c1-3-14-9-11-15(12-10-14)23-19(27)13-18-20(28)26(4-2)22(30-18)25-21-24-16-7-5-6-8-17(16)29-21/h5-12,18H,3-4,13H2,1-2H3,(H,23,27). The third-order valence-corrected chi connectivity index (χ3v) is 6.93. The van der Waals surface area contributed by atoms with E-state index in [0.29, 0.717) is 16.8 Å². The highest BCUT2D eigenvalue weighted by Crippen LogP contribution is 2.34. The summed E-state index contributed by atoms with van der Waals surface area (Å²) < 4.78 is 1.05. The summed E-state index contributed by atoms with van der Waals surface area (Å²) in [6.45, 7) is 4.50. The molecule has 1 aliphatic heterocycles. The minimum atomic E-state index is -0.479. The smallest absolute Gasteiger partial charge is 0.242 e. The van der Waals surface area contributed by atoms with Gasteiger partial charge in [0.05, 0.1) is 10.2 Å². The lowest BCUT2D eigenvalue weighted by Crippen LogP contribution is -2.33. The Balaban J connectivity index is 1.46. The molecular weight excluding hydrogens is 416 g/mol. The molecule has 0 bridgehead atoms. The van der Waals surface area contributed by atoms with Gasteiger partial charge in [-0.25, -0.2) is 4.98 Å². The highest BCUT2D eigenvalue weighted by Gasteiger charge is 2.38. The molecule has 0 aliphatic carbocycles. The number of aromatic nitrogens is 1. The molecule has 0 radical (unpaired) electrons. The zero-order chi connectivity index (χ0) is 21.1. The lowest BCUT2D eigenvalue weighted by molar-refractivity contribution is -0.128. The second-order valence-corrected chi connectivity index (χ2v) is 9.03. The Morgan fingerprint density at radius 1 is 1.17 bits per heavy atom. The van der Waals surface area contributed by atoms with Crippen molar-refractivity contribution in [3.8, 4) is 0 Å². The number of carbonyl (C=O) groups excluding carboxylic acids is 2. The molecule has 1 aliphatic rings. The van der Waals surface area contributed by atoms with Gasteiger partial charge in [-0.1, -0.05) is 54.3 Å². The van der Waals surface area contributed by atoms with Gasteiger partial charge in [-0.3, -0.25) is 14.5 Å². The maximum absolute atomic E-state index is 12.8. The molecule has 2 heterocycles. The van der Waals surface area contributed by atoms with Crippen LogP contribution < -0.4 is 5.32 Å². The molecule has 1 aromatic heterocycles. The molecule has 2 amide bonds. The van der Waals surface area contributed by atoms with Crippen LogP contribution in [0.5, 0.6) is 0 Å². The second kappa shape index (κ2) is 8.97. The average molecular weight is 439 g/mol. The number of benzene rings is 2. The SMILES string of the molecule is CCc1ccc(NC(=O)CC2SC(=Nc3nc4ccccc4s3)N(CC)C2=O)cc1. The Labute approximate surface area is 183 Å². The van der Waals surface area contributed by atoms with E-state index in [1.165, 1.54) is 28.7 Å². The number of nitrogens with one attached hydrogen (secondary N) is 1. The number of para-hydroxylation sites is 1. The summed E-state index contributed by atoms with van der Waals surface area (Å²) in [5.41, 5.74) is 2.84. The molecule has 6 nitrogen and oxygen atoms in total. The molecule has 30 heavy (non-hydrogen) atoms. The molecule has 4 rings (SSSR count). The van der Waals surface area contributed by atoms with Crippen molar-refractivity contribution < 1.29 is 9.59 Å². The molecule has 3 aromatic rings. The molecule has 154 valence electrons. The number of carbonyl (C=O) groups is 2. The molecule has 1 N–H and O–H groups in total. The molecule has 2 aromatic carbocycles. The number of hydrogen-bond donors (Lipinski definition) is 1. The van der Waals surface area contributed by atoms with Gasteiger partial charge < -0.3 is 5.32 Å². The quantitative estimate of drug-likeness (QED) is 0.598. The number of aliphatic imine (C=N–C) groups is 1. The van der Waals surface area contributed by atoms with E-state index in [1.807, 2.05) is 55.5 Å². The van der Waals surface area contributed by atoms with Crippen LogP contribution in [0.4, 0.5) is 10.8 Å². The van der Waals surface area contributed by atoms with Crippen LogP contribution >= 0.6 is 23.1 Å². The Kier molecular flexibility index (Phi) is 6.15. The van der Waals surface area contributed by atoms with Crippen molar-refractivity contribution in [3.05, 3.63) is 54.1 Å². The fourth-order valence-corrected chi connectivity index (χ4v) is 5.31. The first kappa shape index (κ1) is 20.6. The van der Waals surface area contributed by atoms with E-state index >= 15 is 0 Å². The Bertz CT molecular complexity index is 1070. The number of thioether (sulfide) groups is 1. The largest absolute Gasteiger partial charge is 0.326 e. The number of hydrogen-bond acceptors (Lipinski definition) is 6. The fourth-order valence-electron chi connectivity index (χ4n) is 3.21. The molecule has 1 fully saturated rings. The molecular formula is C22H22N4O2S2. The summed E-state index contributed by atoms with van der Waals surface area (Å²) in [4.78, 5) is 36.1. The normalized spacial score (nSPS) is 17.8. The van der Waals surface area contributed by atoms with Crippen LogP contribution in [0.2, 0.25) is 0 Å². The van der Waals surface area contributed by atoms with Crippen LogP contribution in [0.25, 0.3) is 10.2 Å². The van der Waals surface area contributed by atoms with E-state index in [1.54, 1.807) is 4.90 Å². The zero-order valence-electron chi connectivity index (χ0n) is 16.8. The van der Waals surface area contributed by atoms with Crippen LogP contribution in [0.3, 0.4) is 0 Å². The first-order valence-electron chi connectivity index (χ1n) is 9.88. The van der Waals surface area contributed by atoms with E-state index in [2.05, 4.69) is 22.2 Å². The topological polar surface area (TPSA) is 74.7 Å². The van der Waals surface area contributed by atoms with Gasteiger partial charge in [-0.05, 0) is 43.2 Å². The maximum Gasteiger partial charge on any atom is 0.242 e. The van der Waals surface area contributed by atoms with Crippen molar-refractivity contribution in [3.63, 3.8) is 0 Å². The lowest BCUT2D eigenvalue weighted by Gasteiger charge is -2.13. The maximum atomic E-state index is 12.8. The Hall–Kier alpha value is -2.71. The minimum absolute atomic E-state index is 0.0844. The molecule has 1 saturated heterocycles. The van der Waals surface area contributed by atoms with Crippen molar-refractivity contribution in [1.29, 1.82) is 0 Å². The van der Waals surface area contributed by atoms with E-state index < -0.39 is 5.25 Å². The third-order valence-electron chi connectivity index (χ3n) is 4.83. The van der Waals surface area contributed by atoms with Gasteiger partial charge in [-0.2, -0.15) is 4.99 Å². The average Bonchev–Trinajstić information content (AvgIpc) is 3.28. The van der Waals surface area contributed by atoms with Gasteiger partial charge in [0.2, 0.25) is 16.9 Å². The van der Waals surface area contributed by atoms with Gasteiger partial charge >= 0.3 is 0 Å². The number of amidine groups is 1. The number of aryl methyl sites for hydroxylation is 1. The van der Waals surface area contributed by atoms with Gasteiger partial charge in [0.15, 0.2) is 5.17 Å². The summed E-state index contributed by atoms with van der Waals surface area (Å²) in [7, 11) is 0. The first-order valence-corrected chi connectivity index (χ1v) is 11.6. The summed E-state index contributed by atoms with van der Waals surface area (Å²) in [6.07, 6.45) is 1.06. The monoisotopic (exact) mass is 438 g/mol. The van der Waals surface area contributed by atoms with Gasteiger partial charge in [0, 0.05) is 18.7 Å². The highest BCUT2D eigenvalue weighted by molar-refractivity contribution is 8.15. The Morgan fingerprint density at radius 3 is 2.63 bits per heavy atom. The molecule has 1 atom stereocenters. The lowest BCUT2D eigenvalue weighted by atomic mass is 10.1. The van der Waals surface area contributed by atoms with E-state index in [4.69, 9.17) is 0 Å². The third kappa shape index (κ3) is 4.39. The van der Waals surface area contributed by atoms with Crippen molar-refractivity contribution >= 4 is 61.1 Å². The predicted octanol–water partition coefficient (Wildman–Crippen LogP) is 4.84. The summed E-state index contributed by atoms with van der Waals surface area (Å²) >= 11 is 2.82. The van der Waals surface area contributed by atoms with Crippen molar-refractivity contribution in [2.24, 2.45) is 4.99 Å². The van der Waals surface area contributed by atoms with Crippen molar-refractivity contribution in [1.82, 2.24) is 9.88 Å². The summed E-state index contributed by atoms with van der Waals surface area (Å²) in [5, 5.41) is 3.62. The van der Waals surface area contributed by atoms with Gasteiger partial charge in [0.1, 0.15) is 5.25 Å². The predicted molar refractivity (Wildman–Crippen MR) is 125 cm³/mol. The van der Waals surface area contributed by atoms with E-state index in [0.717, 1.165) is 22.3 Å². The van der Waals surface area contributed by atoms with Crippen LogP contribution in [0.1, 0.15) is 25.8 Å². The van der Waals surface area contributed by atoms with Crippen LogP contribution in [-0.4, -0.2) is 38.7 Å². The molecule has 0 saturated carbocycles.